The van der Waals surface area contributed by atoms with E-state index in [4.69, 9.17) is 14.9 Å². The Bertz CT molecular complexity index is 447. The third kappa shape index (κ3) is 10.5. The molecule has 0 heterocycles. The van der Waals surface area contributed by atoms with E-state index in [0.29, 0.717) is 0 Å². The normalized spacial score (nSPS) is 14.2. The molecule has 0 aliphatic carbocycles. The molecule has 11 heteroatoms. The summed E-state index contributed by atoms with van der Waals surface area (Å²) in [4.78, 5) is 70.7. The van der Waals surface area contributed by atoms with Crippen molar-refractivity contribution in [2.75, 3.05) is 6.61 Å². The second-order valence-electron chi connectivity index (χ2n) is 4.78. The van der Waals surface area contributed by atoms with Gasteiger partial charge in [-0.15, -0.1) is 0 Å². The van der Waals surface area contributed by atoms with Crippen molar-refractivity contribution in [2.45, 2.75) is 46.3 Å². The Hall–Kier alpha value is -2.24. The van der Waals surface area contributed by atoms with Gasteiger partial charge in [0.25, 0.3) is 0 Å². The van der Waals surface area contributed by atoms with E-state index in [9.17, 15) is 19.2 Å². The number of carbonyl (C=O) groups is 4. The number of carbonyl (C=O) groups excluding carboxylic acids is 3. The molecular formula is C13H20O11. The minimum absolute atomic E-state index is 0.376. The fourth-order valence-corrected chi connectivity index (χ4v) is 1.53. The maximum Gasteiger partial charge on any atom is 0.339 e. The smallest absolute Gasteiger partial charge is 0.339 e. The van der Waals surface area contributed by atoms with Gasteiger partial charge < -0.3 is 5.11 Å². The third-order valence-corrected chi connectivity index (χ3v) is 2.40. The number of hydrogen-bond donors (Lipinski definition) is 1. The predicted octanol–water partition coefficient (Wildman–Crippen LogP) is 0.318. The predicted molar refractivity (Wildman–Crippen MR) is 72.4 cm³/mol. The second-order valence-corrected chi connectivity index (χ2v) is 4.78. The summed E-state index contributed by atoms with van der Waals surface area (Å²) in [5, 5.41) is 8.87. The van der Waals surface area contributed by atoms with Crippen molar-refractivity contribution in [3.63, 3.8) is 0 Å². The van der Waals surface area contributed by atoms with E-state index in [-0.39, 0.29) is 6.42 Å². The lowest BCUT2D eigenvalue weighted by Gasteiger charge is -2.27. The summed E-state index contributed by atoms with van der Waals surface area (Å²) >= 11 is 0. The molecule has 0 aromatic rings. The summed E-state index contributed by atoms with van der Waals surface area (Å²) in [5.41, 5.74) is 0. The molecule has 24 heavy (non-hydrogen) atoms. The number of rotatable bonds is 11. The molecule has 138 valence electrons. The van der Waals surface area contributed by atoms with Crippen LogP contribution in [0.25, 0.3) is 0 Å². The van der Waals surface area contributed by atoms with Crippen molar-refractivity contribution in [3.8, 4) is 0 Å². The molecule has 0 rings (SSSR count). The summed E-state index contributed by atoms with van der Waals surface area (Å²) < 4.78 is 0. The van der Waals surface area contributed by atoms with Crippen molar-refractivity contribution >= 4 is 23.9 Å². The first-order valence-corrected chi connectivity index (χ1v) is 6.83. The quantitative estimate of drug-likeness (QED) is 0.405. The van der Waals surface area contributed by atoms with Crippen LogP contribution >= 0.6 is 0 Å². The molecule has 0 saturated carbocycles. The van der Waals surface area contributed by atoms with E-state index in [2.05, 4.69) is 19.6 Å². The Balaban J connectivity index is 5.08. The molecule has 0 aliphatic rings. The van der Waals surface area contributed by atoms with Gasteiger partial charge in [0, 0.05) is 20.8 Å². The molecule has 0 aliphatic heterocycles. The van der Waals surface area contributed by atoms with Gasteiger partial charge in [0.1, 0.15) is 12.7 Å². The molecule has 0 radical (unpaired) electrons. The molecule has 0 spiro atoms. The average Bonchev–Trinajstić information content (AvgIpc) is 2.42. The van der Waals surface area contributed by atoms with Gasteiger partial charge in [0.05, 0.1) is 6.42 Å². The summed E-state index contributed by atoms with van der Waals surface area (Å²) in [5.74, 6) is -4.24. The fourth-order valence-electron chi connectivity index (χ4n) is 1.53. The van der Waals surface area contributed by atoms with E-state index >= 15 is 0 Å². The molecule has 0 amide bonds. The zero-order chi connectivity index (χ0) is 18.7. The van der Waals surface area contributed by atoms with Gasteiger partial charge in [0.2, 0.25) is 0 Å². The van der Waals surface area contributed by atoms with Crippen LogP contribution in [0.1, 0.15) is 34.1 Å². The minimum Gasteiger partial charge on any atom is -0.481 e. The summed E-state index contributed by atoms with van der Waals surface area (Å²) in [6.07, 6.45) is -2.82. The monoisotopic (exact) mass is 352 g/mol. The highest BCUT2D eigenvalue weighted by Crippen LogP contribution is 2.20. The van der Waals surface area contributed by atoms with Gasteiger partial charge >= 0.3 is 23.9 Å². The number of hydrogen-bond acceptors (Lipinski definition) is 10. The van der Waals surface area contributed by atoms with Crippen LogP contribution in [0.3, 0.4) is 0 Å². The van der Waals surface area contributed by atoms with E-state index in [1.54, 1.807) is 0 Å². The van der Waals surface area contributed by atoms with E-state index < -0.39 is 48.6 Å². The highest BCUT2D eigenvalue weighted by atomic mass is 17.2. The summed E-state index contributed by atoms with van der Waals surface area (Å²) in [6.45, 7) is 4.20. The number of aliphatic carboxylic acids is 1. The Morgan fingerprint density at radius 2 is 1.38 bits per heavy atom. The van der Waals surface area contributed by atoms with Crippen molar-refractivity contribution < 1.29 is 53.6 Å². The molecule has 1 N–H and O–H groups in total. The summed E-state index contributed by atoms with van der Waals surface area (Å²) in [7, 11) is 0. The van der Waals surface area contributed by atoms with Crippen LogP contribution in [0.15, 0.2) is 0 Å². The molecule has 0 fully saturated rings. The number of carboxylic acids is 1. The van der Waals surface area contributed by atoms with Crippen LogP contribution in [0.2, 0.25) is 0 Å². The molecule has 3 unspecified atom stereocenters. The van der Waals surface area contributed by atoms with E-state index in [1.807, 2.05) is 0 Å². The number of carboxylic acid groups (broad SMARTS) is 1. The Morgan fingerprint density at radius 3 is 1.83 bits per heavy atom. The third-order valence-electron chi connectivity index (χ3n) is 2.40. The van der Waals surface area contributed by atoms with Gasteiger partial charge in [0.15, 0.2) is 6.10 Å². The van der Waals surface area contributed by atoms with E-state index in [0.717, 1.165) is 20.8 Å². The van der Waals surface area contributed by atoms with Crippen molar-refractivity contribution in [2.24, 2.45) is 5.92 Å². The van der Waals surface area contributed by atoms with E-state index in [1.165, 1.54) is 6.92 Å². The molecule has 0 aromatic heterocycles. The topological polar surface area (TPSA) is 144 Å². The Kier molecular flexibility index (Phi) is 10.3. The van der Waals surface area contributed by atoms with Gasteiger partial charge in [-0.25, -0.2) is 14.4 Å². The first kappa shape index (κ1) is 21.8. The fraction of sp³-hybridized carbons (Fsp3) is 0.692. The van der Waals surface area contributed by atoms with Crippen molar-refractivity contribution in [1.82, 2.24) is 0 Å². The second kappa shape index (κ2) is 11.3. The highest BCUT2D eigenvalue weighted by Gasteiger charge is 2.35. The maximum absolute atomic E-state index is 10.9. The average molecular weight is 352 g/mol. The van der Waals surface area contributed by atoms with Crippen LogP contribution in [-0.4, -0.2) is 47.8 Å². The standard InChI is InChI=1S/C13H20O11/c1-7(5-12(17)18)13(24-22-10(4)16)11(23-21-9(3)15)6-19-20-8(2)14/h7,11,13H,5-6H2,1-4H3,(H,17,18). The lowest BCUT2D eigenvalue weighted by Crippen LogP contribution is -2.41. The molecular weight excluding hydrogens is 332 g/mol. The summed E-state index contributed by atoms with van der Waals surface area (Å²) in [6, 6.07) is 0. The van der Waals surface area contributed by atoms with Crippen LogP contribution in [-0.2, 0) is 48.5 Å². The van der Waals surface area contributed by atoms with Crippen molar-refractivity contribution in [3.05, 3.63) is 0 Å². The molecule has 11 nitrogen and oxygen atoms in total. The molecule has 0 saturated heterocycles. The SMILES string of the molecule is CC(=O)OOCC(OOC(C)=O)C(OOC(C)=O)C(C)CC(=O)O. The molecule has 3 atom stereocenters. The van der Waals surface area contributed by atoms with Crippen molar-refractivity contribution in [1.29, 1.82) is 0 Å². The largest absolute Gasteiger partial charge is 0.481 e. The van der Waals surface area contributed by atoms with Crippen LogP contribution < -0.4 is 0 Å². The Morgan fingerprint density at radius 1 is 0.875 bits per heavy atom. The van der Waals surface area contributed by atoms with Gasteiger partial charge in [-0.05, 0) is 5.92 Å². The van der Waals surface area contributed by atoms with Gasteiger partial charge in [-0.2, -0.15) is 14.7 Å². The molecule has 0 bridgehead atoms. The maximum atomic E-state index is 10.9. The van der Waals surface area contributed by atoms with Gasteiger partial charge in [-0.1, -0.05) is 6.92 Å². The zero-order valence-corrected chi connectivity index (χ0v) is 13.7. The highest BCUT2D eigenvalue weighted by molar-refractivity contribution is 5.67. The first-order valence-electron chi connectivity index (χ1n) is 6.83. The Labute approximate surface area is 137 Å². The van der Waals surface area contributed by atoms with Gasteiger partial charge in [-0.3, -0.25) is 19.5 Å². The molecule has 0 aromatic carbocycles. The lowest BCUT2D eigenvalue weighted by molar-refractivity contribution is -0.386. The lowest BCUT2D eigenvalue weighted by atomic mass is 9.97. The van der Waals surface area contributed by atoms with Crippen LogP contribution in [0.5, 0.6) is 0 Å². The zero-order valence-electron chi connectivity index (χ0n) is 13.7. The minimum atomic E-state index is -1.25. The first-order chi connectivity index (χ1) is 11.1. The van der Waals surface area contributed by atoms with Crippen LogP contribution in [0.4, 0.5) is 0 Å². The van der Waals surface area contributed by atoms with Crippen LogP contribution in [0, 0.1) is 5.92 Å².